The molecule has 1 unspecified atom stereocenters. The summed E-state index contributed by atoms with van der Waals surface area (Å²) in [6.45, 7) is 10.9. The molecule has 2 aromatic rings. The monoisotopic (exact) mass is 288 g/mol. The Labute approximate surface area is 126 Å². The smallest absolute Gasteiger partial charge is 0.115 e. The van der Waals surface area contributed by atoms with Crippen LogP contribution < -0.4 is 5.32 Å². The van der Waals surface area contributed by atoms with E-state index in [1.807, 2.05) is 18.4 Å². The second kappa shape index (κ2) is 6.06. The molecule has 2 nitrogen and oxygen atoms in total. The fourth-order valence-electron chi connectivity index (χ4n) is 2.61. The minimum atomic E-state index is 0.193. The van der Waals surface area contributed by atoms with Gasteiger partial charge in [0.15, 0.2) is 0 Å². The summed E-state index contributed by atoms with van der Waals surface area (Å²) < 4.78 is 0. The van der Waals surface area contributed by atoms with Gasteiger partial charge in [-0.05, 0) is 63.4 Å². The van der Waals surface area contributed by atoms with Gasteiger partial charge in [0.2, 0.25) is 0 Å². The van der Waals surface area contributed by atoms with E-state index in [9.17, 15) is 0 Å². The molecule has 0 amide bonds. The Kier molecular flexibility index (Phi) is 4.61. The third-order valence-corrected chi connectivity index (χ3v) is 5.05. The lowest BCUT2D eigenvalue weighted by Crippen LogP contribution is -2.19. The lowest BCUT2D eigenvalue weighted by atomic mass is 9.96. The number of hydrogen-bond donors (Lipinski definition) is 1. The highest BCUT2D eigenvalue weighted by molar-refractivity contribution is 7.11. The molecular formula is C17H24N2S. The maximum atomic E-state index is 4.83. The lowest BCUT2D eigenvalue weighted by Gasteiger charge is -2.18. The average molecular weight is 288 g/mol. The summed E-state index contributed by atoms with van der Waals surface area (Å²) >= 11 is 1.81. The highest BCUT2D eigenvalue weighted by Crippen LogP contribution is 2.31. The molecule has 0 aliphatic rings. The summed E-state index contributed by atoms with van der Waals surface area (Å²) in [5.74, 6) is 0. The first-order valence-corrected chi connectivity index (χ1v) is 8.00. The predicted octanol–water partition coefficient (Wildman–Crippen LogP) is 4.25. The van der Waals surface area contributed by atoms with E-state index >= 15 is 0 Å². The van der Waals surface area contributed by atoms with E-state index in [4.69, 9.17) is 4.98 Å². The van der Waals surface area contributed by atoms with Crippen LogP contribution in [0, 0.1) is 27.7 Å². The summed E-state index contributed by atoms with van der Waals surface area (Å²) in [5.41, 5.74) is 6.60. The zero-order valence-corrected chi connectivity index (χ0v) is 14.1. The predicted molar refractivity (Wildman–Crippen MR) is 87.8 cm³/mol. The lowest BCUT2D eigenvalue weighted by molar-refractivity contribution is 0.678. The molecule has 0 aliphatic heterocycles. The summed E-state index contributed by atoms with van der Waals surface area (Å²) in [7, 11) is 2.02. The van der Waals surface area contributed by atoms with Gasteiger partial charge in [0, 0.05) is 4.88 Å². The van der Waals surface area contributed by atoms with E-state index in [1.165, 1.54) is 37.8 Å². The van der Waals surface area contributed by atoms with E-state index in [0.717, 1.165) is 6.42 Å². The van der Waals surface area contributed by atoms with Crippen LogP contribution in [0.15, 0.2) is 12.1 Å². The van der Waals surface area contributed by atoms with Crippen molar-refractivity contribution in [1.29, 1.82) is 0 Å². The summed E-state index contributed by atoms with van der Waals surface area (Å²) in [6, 6.07) is 4.77. The first-order chi connectivity index (χ1) is 9.47. The van der Waals surface area contributed by atoms with Crippen molar-refractivity contribution >= 4 is 11.3 Å². The molecular weight excluding hydrogens is 264 g/mol. The first-order valence-electron chi connectivity index (χ1n) is 7.19. The zero-order valence-electron chi connectivity index (χ0n) is 13.3. The van der Waals surface area contributed by atoms with E-state index < -0.39 is 0 Å². The quantitative estimate of drug-likeness (QED) is 0.910. The molecule has 0 saturated heterocycles. The van der Waals surface area contributed by atoms with Gasteiger partial charge in [0.05, 0.1) is 11.7 Å². The standard InChI is InChI=1S/C17H24N2S/c1-7-15-13(5)20-17(19-15)16(18-6)14-9-11(3)10(2)8-12(14)4/h8-9,16,18H,7H2,1-6H3. The van der Waals surface area contributed by atoms with E-state index in [0.29, 0.717) is 0 Å². The van der Waals surface area contributed by atoms with Crippen LogP contribution in [0.3, 0.4) is 0 Å². The molecule has 0 spiro atoms. The number of nitrogens with zero attached hydrogens (tertiary/aromatic N) is 1. The van der Waals surface area contributed by atoms with Crippen molar-refractivity contribution in [2.45, 2.75) is 47.1 Å². The Morgan fingerprint density at radius 2 is 1.75 bits per heavy atom. The topological polar surface area (TPSA) is 24.9 Å². The fraction of sp³-hybridized carbons (Fsp3) is 0.471. The van der Waals surface area contributed by atoms with Crippen LogP contribution in [0.25, 0.3) is 0 Å². The van der Waals surface area contributed by atoms with Gasteiger partial charge in [-0.15, -0.1) is 11.3 Å². The zero-order chi connectivity index (χ0) is 14.9. The molecule has 0 aliphatic carbocycles. The molecule has 0 bridgehead atoms. The van der Waals surface area contributed by atoms with Crippen molar-refractivity contribution in [1.82, 2.24) is 10.3 Å². The van der Waals surface area contributed by atoms with E-state index in [1.54, 1.807) is 0 Å². The number of aromatic nitrogens is 1. The van der Waals surface area contributed by atoms with E-state index in [2.05, 4.69) is 52.1 Å². The molecule has 1 atom stereocenters. The van der Waals surface area contributed by atoms with Gasteiger partial charge in [-0.2, -0.15) is 0 Å². The van der Waals surface area contributed by atoms with Crippen molar-refractivity contribution in [3.8, 4) is 0 Å². The Balaban J connectivity index is 2.49. The maximum Gasteiger partial charge on any atom is 0.115 e. The minimum absolute atomic E-state index is 0.193. The number of benzene rings is 1. The Hall–Kier alpha value is -1.19. The first kappa shape index (κ1) is 15.2. The Morgan fingerprint density at radius 1 is 1.10 bits per heavy atom. The molecule has 0 saturated carbocycles. The van der Waals surface area contributed by atoms with Gasteiger partial charge < -0.3 is 5.32 Å². The van der Waals surface area contributed by atoms with Gasteiger partial charge >= 0.3 is 0 Å². The number of nitrogens with one attached hydrogen (secondary N) is 1. The van der Waals surface area contributed by atoms with Gasteiger partial charge in [-0.1, -0.05) is 19.1 Å². The highest BCUT2D eigenvalue weighted by atomic mass is 32.1. The van der Waals surface area contributed by atoms with Gasteiger partial charge in [0.1, 0.15) is 5.01 Å². The number of hydrogen-bond acceptors (Lipinski definition) is 3. The second-order valence-corrected chi connectivity index (χ2v) is 6.66. The van der Waals surface area contributed by atoms with Crippen molar-refractivity contribution in [2.75, 3.05) is 7.05 Å². The van der Waals surface area contributed by atoms with Crippen LogP contribution in [0.1, 0.15) is 50.8 Å². The van der Waals surface area contributed by atoms with Crippen LogP contribution in [-0.2, 0) is 6.42 Å². The third kappa shape index (κ3) is 2.79. The van der Waals surface area contributed by atoms with Gasteiger partial charge in [0.25, 0.3) is 0 Å². The molecule has 1 aromatic carbocycles. The van der Waals surface area contributed by atoms with Crippen molar-refractivity contribution in [3.63, 3.8) is 0 Å². The van der Waals surface area contributed by atoms with Crippen LogP contribution in [-0.4, -0.2) is 12.0 Å². The maximum absolute atomic E-state index is 4.83. The normalized spacial score (nSPS) is 12.7. The van der Waals surface area contributed by atoms with Crippen LogP contribution in [0.5, 0.6) is 0 Å². The van der Waals surface area contributed by atoms with Crippen LogP contribution >= 0.6 is 11.3 Å². The Bertz CT molecular complexity index is 614. The van der Waals surface area contributed by atoms with Gasteiger partial charge in [-0.3, -0.25) is 0 Å². The molecule has 1 aromatic heterocycles. The summed E-state index contributed by atoms with van der Waals surface area (Å²) in [4.78, 5) is 6.16. The molecule has 1 N–H and O–H groups in total. The van der Waals surface area contributed by atoms with Crippen LogP contribution in [0.2, 0.25) is 0 Å². The second-order valence-electron chi connectivity index (χ2n) is 5.42. The van der Waals surface area contributed by atoms with E-state index in [-0.39, 0.29) is 6.04 Å². The number of thiazole rings is 1. The van der Waals surface area contributed by atoms with Crippen molar-refractivity contribution < 1.29 is 0 Å². The minimum Gasteiger partial charge on any atom is -0.307 e. The Morgan fingerprint density at radius 3 is 2.30 bits per heavy atom. The molecule has 20 heavy (non-hydrogen) atoms. The number of rotatable bonds is 4. The summed E-state index contributed by atoms with van der Waals surface area (Å²) in [6.07, 6.45) is 1.00. The molecule has 2 rings (SSSR count). The van der Waals surface area contributed by atoms with Crippen molar-refractivity contribution in [3.05, 3.63) is 50.0 Å². The highest BCUT2D eigenvalue weighted by Gasteiger charge is 2.19. The molecule has 108 valence electrons. The third-order valence-electron chi connectivity index (χ3n) is 3.97. The molecule has 0 radical (unpaired) electrons. The SMILES string of the molecule is CCc1nc(C(NC)c2cc(C)c(C)cc2C)sc1C. The number of aryl methyl sites for hydroxylation is 5. The molecule has 1 heterocycles. The largest absolute Gasteiger partial charge is 0.307 e. The molecule has 3 heteroatoms. The molecule has 0 fully saturated rings. The van der Waals surface area contributed by atoms with Crippen molar-refractivity contribution in [2.24, 2.45) is 0 Å². The summed E-state index contributed by atoms with van der Waals surface area (Å²) in [5, 5.41) is 4.61. The fourth-order valence-corrected chi connectivity index (χ4v) is 3.75. The van der Waals surface area contributed by atoms with Gasteiger partial charge in [-0.25, -0.2) is 4.98 Å². The average Bonchev–Trinajstić information content (AvgIpc) is 2.77. The van der Waals surface area contributed by atoms with Crippen LogP contribution in [0.4, 0.5) is 0 Å².